The third-order valence-corrected chi connectivity index (χ3v) is 2.68. The molecule has 0 amide bonds. The fourth-order valence-corrected chi connectivity index (χ4v) is 1.59. The molecule has 0 aliphatic carbocycles. The molecule has 0 unspecified atom stereocenters. The van der Waals surface area contributed by atoms with E-state index in [1.165, 1.54) is 37.2 Å². The zero-order valence-corrected chi connectivity index (χ0v) is 6.58. The first-order valence-corrected chi connectivity index (χ1v) is 4.14. The molecule has 2 aliphatic rings. The second kappa shape index (κ2) is 2.07. The normalized spacial score (nSPS) is 29.3. The van der Waals surface area contributed by atoms with Crippen molar-refractivity contribution in [2.75, 3.05) is 32.7 Å². The van der Waals surface area contributed by atoms with Gasteiger partial charge in [0.1, 0.15) is 13.1 Å². The lowest BCUT2D eigenvalue weighted by atomic mass is 10.3. The molecule has 0 aromatic rings. The van der Waals surface area contributed by atoms with Crippen molar-refractivity contribution in [3.8, 4) is 0 Å². The summed E-state index contributed by atoms with van der Waals surface area (Å²) in [6, 6.07) is 0. The van der Waals surface area contributed by atoms with Gasteiger partial charge in [-0.25, -0.2) is 0 Å². The van der Waals surface area contributed by atoms with Crippen LogP contribution in [0.5, 0.6) is 0 Å². The number of rotatable bonds is 1. The Hall–Kier alpha value is -0.340. The summed E-state index contributed by atoms with van der Waals surface area (Å²) in [6.07, 6.45) is 4.62. The van der Waals surface area contributed by atoms with Crippen LogP contribution < -0.4 is 0 Å². The third-order valence-electron chi connectivity index (χ3n) is 2.68. The average molecular weight is 139 g/mol. The Bertz CT molecular complexity index is 147. The van der Waals surface area contributed by atoms with E-state index in [2.05, 4.69) is 24.2 Å². The maximum Gasteiger partial charge on any atom is 0.155 e. The summed E-state index contributed by atoms with van der Waals surface area (Å²) in [5, 5.41) is 0. The van der Waals surface area contributed by atoms with Gasteiger partial charge in [0.25, 0.3) is 0 Å². The van der Waals surface area contributed by atoms with Crippen LogP contribution in [0, 0.1) is 0 Å². The Morgan fingerprint density at radius 2 is 1.90 bits per heavy atom. The van der Waals surface area contributed by atoms with Crippen LogP contribution >= 0.6 is 0 Å². The summed E-state index contributed by atoms with van der Waals surface area (Å²) in [5.41, 5.74) is 0. The van der Waals surface area contributed by atoms with Crippen molar-refractivity contribution in [1.82, 2.24) is 4.90 Å². The summed E-state index contributed by atoms with van der Waals surface area (Å²) >= 11 is 0. The van der Waals surface area contributed by atoms with Crippen LogP contribution in [0.1, 0.15) is 6.92 Å². The summed E-state index contributed by atoms with van der Waals surface area (Å²) in [7, 11) is 0. The van der Waals surface area contributed by atoms with Gasteiger partial charge in [-0.2, -0.15) is 0 Å². The second-order valence-corrected chi connectivity index (χ2v) is 3.28. The van der Waals surface area contributed by atoms with Gasteiger partial charge in [0.15, 0.2) is 12.4 Å². The van der Waals surface area contributed by atoms with E-state index in [9.17, 15) is 0 Å². The Morgan fingerprint density at radius 3 is 2.30 bits per heavy atom. The molecule has 2 rings (SSSR count). The highest BCUT2D eigenvalue weighted by Gasteiger charge is 2.37. The Balaban J connectivity index is 1.84. The quantitative estimate of drug-likeness (QED) is 0.481. The van der Waals surface area contributed by atoms with E-state index in [1.807, 2.05) is 0 Å². The maximum atomic E-state index is 2.52. The molecule has 2 heteroatoms. The second-order valence-electron chi connectivity index (χ2n) is 3.28. The molecule has 1 spiro atoms. The minimum absolute atomic E-state index is 1.20. The minimum atomic E-state index is 1.20. The lowest BCUT2D eigenvalue weighted by Crippen LogP contribution is -2.47. The number of hydrogen-bond donors (Lipinski definition) is 0. The van der Waals surface area contributed by atoms with Gasteiger partial charge < -0.3 is 0 Å². The van der Waals surface area contributed by atoms with Crippen LogP contribution in [-0.2, 0) is 0 Å². The van der Waals surface area contributed by atoms with Gasteiger partial charge in [-0.1, -0.05) is 6.92 Å². The molecule has 56 valence electrons. The van der Waals surface area contributed by atoms with Gasteiger partial charge in [-0.15, -0.1) is 0 Å². The predicted molar refractivity (Wildman–Crippen MR) is 41.2 cm³/mol. The van der Waals surface area contributed by atoms with Crippen molar-refractivity contribution in [2.24, 2.45) is 0 Å². The Labute approximate surface area is 62.3 Å². The molecule has 0 aromatic carbocycles. The van der Waals surface area contributed by atoms with E-state index in [4.69, 9.17) is 0 Å². The van der Waals surface area contributed by atoms with Crippen LogP contribution in [0.15, 0.2) is 12.4 Å². The van der Waals surface area contributed by atoms with Gasteiger partial charge in [-0.3, -0.25) is 9.38 Å². The largest absolute Gasteiger partial charge is 0.292 e. The van der Waals surface area contributed by atoms with Crippen LogP contribution in [0.25, 0.3) is 0 Å². The average Bonchev–Trinajstić information content (AvgIpc) is 2.72. The van der Waals surface area contributed by atoms with Crippen molar-refractivity contribution in [3.05, 3.63) is 12.4 Å². The van der Waals surface area contributed by atoms with Gasteiger partial charge in [-0.05, 0) is 6.54 Å². The molecular weight excluding hydrogens is 124 g/mol. The minimum Gasteiger partial charge on any atom is -0.292 e. The molecule has 2 nitrogen and oxygen atoms in total. The van der Waals surface area contributed by atoms with Gasteiger partial charge in [0, 0.05) is 13.1 Å². The van der Waals surface area contributed by atoms with Gasteiger partial charge in [0.05, 0.1) is 0 Å². The summed E-state index contributed by atoms with van der Waals surface area (Å²) in [6.45, 7) is 8.65. The first-order valence-electron chi connectivity index (χ1n) is 4.14. The van der Waals surface area contributed by atoms with Crippen molar-refractivity contribution < 1.29 is 4.48 Å². The zero-order valence-electron chi connectivity index (χ0n) is 6.58. The van der Waals surface area contributed by atoms with Crippen molar-refractivity contribution in [1.29, 1.82) is 0 Å². The monoisotopic (exact) mass is 139 g/mol. The van der Waals surface area contributed by atoms with Crippen molar-refractivity contribution >= 4 is 0 Å². The molecule has 2 heterocycles. The van der Waals surface area contributed by atoms with Crippen LogP contribution in [0.2, 0.25) is 0 Å². The molecule has 0 aromatic heterocycles. The number of hydrogen-bond acceptors (Lipinski definition) is 1. The lowest BCUT2D eigenvalue weighted by molar-refractivity contribution is -0.774. The standard InChI is InChI=1S/C8H15N2/c1-2-9-3-5-10(6-4-9)7-8-10/h7-8H,2-6H2,1H3/q+1. The lowest BCUT2D eigenvalue weighted by Gasteiger charge is -2.31. The number of quaternary nitrogens is 1. The number of likely N-dealkylation sites (N-methyl/N-ethyl adjacent to an activating group) is 1. The molecule has 0 atom stereocenters. The molecule has 0 bridgehead atoms. The van der Waals surface area contributed by atoms with E-state index in [0.29, 0.717) is 0 Å². The van der Waals surface area contributed by atoms with E-state index in [-0.39, 0.29) is 0 Å². The first kappa shape index (κ1) is 6.38. The first-order chi connectivity index (χ1) is 4.85. The molecule has 10 heavy (non-hydrogen) atoms. The number of piperazine rings is 1. The third kappa shape index (κ3) is 0.976. The van der Waals surface area contributed by atoms with E-state index < -0.39 is 0 Å². The SMILES string of the molecule is CCN1CC[N+]2(C=C2)CC1. The van der Waals surface area contributed by atoms with E-state index in [0.717, 1.165) is 0 Å². The highest BCUT2D eigenvalue weighted by Crippen LogP contribution is 2.25. The smallest absolute Gasteiger partial charge is 0.155 e. The van der Waals surface area contributed by atoms with Gasteiger partial charge in [0.2, 0.25) is 0 Å². The molecule has 0 saturated carbocycles. The highest BCUT2D eigenvalue weighted by molar-refractivity contribution is 4.87. The fraction of sp³-hybridized carbons (Fsp3) is 0.750. The topological polar surface area (TPSA) is 3.24 Å². The summed E-state index contributed by atoms with van der Waals surface area (Å²) in [4.78, 5) is 2.52. The summed E-state index contributed by atoms with van der Waals surface area (Å²) in [5.74, 6) is 0. The van der Waals surface area contributed by atoms with E-state index >= 15 is 0 Å². The molecular formula is C8H15N2+. The molecule has 0 radical (unpaired) electrons. The van der Waals surface area contributed by atoms with Gasteiger partial charge >= 0.3 is 0 Å². The Kier molecular flexibility index (Phi) is 1.32. The van der Waals surface area contributed by atoms with Crippen LogP contribution in [0.4, 0.5) is 0 Å². The van der Waals surface area contributed by atoms with Crippen molar-refractivity contribution in [2.45, 2.75) is 6.92 Å². The number of nitrogens with zero attached hydrogens (tertiary/aromatic N) is 2. The molecule has 0 N–H and O–H groups in total. The molecule has 2 aliphatic heterocycles. The summed E-state index contributed by atoms with van der Waals surface area (Å²) < 4.78 is 1.20. The fourth-order valence-electron chi connectivity index (χ4n) is 1.59. The van der Waals surface area contributed by atoms with Crippen molar-refractivity contribution in [3.63, 3.8) is 0 Å². The molecule has 1 fully saturated rings. The van der Waals surface area contributed by atoms with Crippen LogP contribution in [-0.4, -0.2) is 42.1 Å². The zero-order chi connectivity index (χ0) is 7.03. The maximum absolute atomic E-state index is 2.52. The van der Waals surface area contributed by atoms with E-state index in [1.54, 1.807) is 0 Å². The van der Waals surface area contributed by atoms with Crippen LogP contribution in [0.3, 0.4) is 0 Å². The molecule has 1 saturated heterocycles. The Morgan fingerprint density at radius 1 is 1.30 bits per heavy atom. The highest BCUT2D eigenvalue weighted by atomic mass is 15.4. The predicted octanol–water partition coefficient (Wildman–Crippen LogP) is 0.623.